The highest BCUT2D eigenvalue weighted by Gasteiger charge is 2.13. The van der Waals surface area contributed by atoms with E-state index in [1.807, 2.05) is 55.6 Å². The van der Waals surface area contributed by atoms with E-state index in [9.17, 15) is 4.79 Å². The van der Waals surface area contributed by atoms with Gasteiger partial charge < -0.3 is 9.64 Å². The van der Waals surface area contributed by atoms with E-state index in [0.29, 0.717) is 17.9 Å². The molecule has 0 fully saturated rings. The normalized spacial score (nSPS) is 10.4. The second kappa shape index (κ2) is 8.59. The van der Waals surface area contributed by atoms with Gasteiger partial charge in [-0.2, -0.15) is 0 Å². The van der Waals surface area contributed by atoms with Crippen molar-refractivity contribution in [2.75, 3.05) is 13.3 Å². The fraction of sp³-hybridized carbons (Fsp3) is 0.136. The molecule has 0 radical (unpaired) electrons. The summed E-state index contributed by atoms with van der Waals surface area (Å²) in [5.41, 5.74) is 1.72. The summed E-state index contributed by atoms with van der Waals surface area (Å²) in [5.74, 6) is 1.37. The molecule has 0 aromatic heterocycles. The Labute approximate surface area is 158 Å². The molecule has 3 nitrogen and oxygen atoms in total. The topological polar surface area (TPSA) is 29.5 Å². The first kappa shape index (κ1) is 18.1. The van der Waals surface area contributed by atoms with Crippen LogP contribution in [0.4, 0.5) is 0 Å². The lowest BCUT2D eigenvalue weighted by molar-refractivity contribution is 0.0784. The largest absolute Gasteiger partial charge is 0.457 e. The van der Waals surface area contributed by atoms with Gasteiger partial charge in [0.25, 0.3) is 5.91 Å². The molecular formula is C22H21NO2S. The molecule has 0 heterocycles. The molecule has 0 aliphatic carbocycles. The van der Waals surface area contributed by atoms with Crippen LogP contribution in [0.2, 0.25) is 0 Å². The lowest BCUT2D eigenvalue weighted by Gasteiger charge is -2.18. The molecule has 0 N–H and O–H groups in total. The molecule has 132 valence electrons. The van der Waals surface area contributed by atoms with E-state index in [4.69, 9.17) is 4.74 Å². The minimum Gasteiger partial charge on any atom is -0.457 e. The van der Waals surface area contributed by atoms with Gasteiger partial charge in [-0.1, -0.05) is 36.4 Å². The Balaban J connectivity index is 1.69. The molecule has 0 aliphatic heterocycles. The van der Waals surface area contributed by atoms with Gasteiger partial charge in [0.1, 0.15) is 11.5 Å². The first-order valence-corrected chi connectivity index (χ1v) is 9.59. The number of carbonyl (C=O) groups is 1. The van der Waals surface area contributed by atoms with Crippen molar-refractivity contribution in [3.63, 3.8) is 0 Å². The molecule has 0 bridgehead atoms. The average molecular weight is 363 g/mol. The van der Waals surface area contributed by atoms with Crippen molar-refractivity contribution in [3.05, 3.63) is 90.0 Å². The predicted octanol–water partition coefficient (Wildman–Crippen LogP) is 5.47. The minimum absolute atomic E-state index is 0.0301. The monoisotopic (exact) mass is 363 g/mol. The molecule has 3 rings (SSSR count). The Kier molecular flexibility index (Phi) is 5.97. The highest BCUT2D eigenvalue weighted by Crippen LogP contribution is 2.23. The third-order valence-corrected chi connectivity index (χ3v) is 4.73. The Hall–Kier alpha value is -2.72. The van der Waals surface area contributed by atoms with Crippen molar-refractivity contribution >= 4 is 17.7 Å². The Morgan fingerprint density at radius 1 is 0.923 bits per heavy atom. The zero-order valence-corrected chi connectivity index (χ0v) is 15.7. The molecule has 3 aromatic rings. The summed E-state index contributed by atoms with van der Waals surface area (Å²) in [6.45, 7) is 0.567. The summed E-state index contributed by atoms with van der Waals surface area (Å²) in [7, 11) is 1.82. The lowest BCUT2D eigenvalue weighted by Crippen LogP contribution is -2.26. The minimum atomic E-state index is -0.0301. The number of amides is 1. The van der Waals surface area contributed by atoms with E-state index in [1.165, 1.54) is 4.90 Å². The van der Waals surface area contributed by atoms with Gasteiger partial charge in [-0.05, 0) is 54.3 Å². The van der Waals surface area contributed by atoms with Gasteiger partial charge >= 0.3 is 0 Å². The third kappa shape index (κ3) is 4.67. The average Bonchev–Trinajstić information content (AvgIpc) is 2.69. The first-order chi connectivity index (χ1) is 12.7. The molecule has 1 amide bonds. The van der Waals surface area contributed by atoms with Crippen LogP contribution in [0.25, 0.3) is 0 Å². The van der Waals surface area contributed by atoms with Crippen molar-refractivity contribution in [1.29, 1.82) is 0 Å². The standard InChI is InChI=1S/C22H21NO2S/c1-23(16-17-11-13-21(26-2)14-12-17)22(24)18-7-6-10-20(15-18)25-19-8-4-3-5-9-19/h3-15H,16H2,1-2H3. The maximum Gasteiger partial charge on any atom is 0.254 e. The van der Waals surface area contributed by atoms with E-state index < -0.39 is 0 Å². The predicted molar refractivity (Wildman–Crippen MR) is 107 cm³/mol. The van der Waals surface area contributed by atoms with Gasteiger partial charge in [0.2, 0.25) is 0 Å². The van der Waals surface area contributed by atoms with E-state index >= 15 is 0 Å². The molecule has 3 aromatic carbocycles. The summed E-state index contributed by atoms with van der Waals surface area (Å²) < 4.78 is 5.82. The van der Waals surface area contributed by atoms with Crippen LogP contribution in [0.3, 0.4) is 0 Å². The van der Waals surface area contributed by atoms with E-state index in [-0.39, 0.29) is 5.91 Å². The van der Waals surface area contributed by atoms with Crippen LogP contribution in [0.1, 0.15) is 15.9 Å². The fourth-order valence-corrected chi connectivity index (χ4v) is 3.02. The first-order valence-electron chi connectivity index (χ1n) is 8.37. The molecule has 26 heavy (non-hydrogen) atoms. The SMILES string of the molecule is CSc1ccc(CN(C)C(=O)c2cccc(Oc3ccccc3)c2)cc1. The van der Waals surface area contributed by atoms with Crippen LogP contribution in [-0.2, 0) is 6.54 Å². The van der Waals surface area contributed by atoms with Crippen molar-refractivity contribution in [1.82, 2.24) is 4.90 Å². The second-order valence-corrected chi connectivity index (χ2v) is 6.83. The van der Waals surface area contributed by atoms with Crippen LogP contribution in [0.5, 0.6) is 11.5 Å². The summed E-state index contributed by atoms with van der Waals surface area (Å²) in [6.07, 6.45) is 2.05. The van der Waals surface area contributed by atoms with Crippen LogP contribution >= 0.6 is 11.8 Å². The number of ether oxygens (including phenoxy) is 1. The summed E-state index contributed by atoms with van der Waals surface area (Å²) >= 11 is 1.71. The van der Waals surface area contributed by atoms with Crippen LogP contribution in [0, 0.1) is 0 Å². The second-order valence-electron chi connectivity index (χ2n) is 5.95. The van der Waals surface area contributed by atoms with Gasteiger partial charge in [0.15, 0.2) is 0 Å². The lowest BCUT2D eigenvalue weighted by atomic mass is 10.1. The van der Waals surface area contributed by atoms with E-state index in [2.05, 4.69) is 30.5 Å². The Morgan fingerprint density at radius 3 is 2.31 bits per heavy atom. The maximum atomic E-state index is 12.7. The third-order valence-electron chi connectivity index (χ3n) is 3.99. The van der Waals surface area contributed by atoms with Gasteiger partial charge in [-0.3, -0.25) is 4.79 Å². The maximum absolute atomic E-state index is 12.7. The molecule has 0 unspecified atom stereocenters. The van der Waals surface area contributed by atoms with Crippen molar-refractivity contribution in [3.8, 4) is 11.5 Å². The van der Waals surface area contributed by atoms with E-state index in [1.54, 1.807) is 22.7 Å². The highest BCUT2D eigenvalue weighted by molar-refractivity contribution is 7.98. The molecule has 0 saturated carbocycles. The molecule has 0 spiro atoms. The van der Waals surface area contributed by atoms with Crippen molar-refractivity contribution < 1.29 is 9.53 Å². The summed E-state index contributed by atoms with van der Waals surface area (Å²) in [6, 6.07) is 25.1. The Morgan fingerprint density at radius 2 is 1.62 bits per heavy atom. The number of thioether (sulfide) groups is 1. The Bertz CT molecular complexity index is 863. The zero-order valence-electron chi connectivity index (χ0n) is 14.9. The molecule has 0 aliphatic rings. The van der Waals surface area contributed by atoms with Crippen LogP contribution in [0.15, 0.2) is 83.8 Å². The van der Waals surface area contributed by atoms with Gasteiger partial charge in [-0.15, -0.1) is 11.8 Å². The van der Waals surface area contributed by atoms with E-state index in [0.717, 1.165) is 11.3 Å². The number of rotatable bonds is 6. The smallest absolute Gasteiger partial charge is 0.254 e. The van der Waals surface area contributed by atoms with Gasteiger partial charge in [-0.25, -0.2) is 0 Å². The number of hydrogen-bond donors (Lipinski definition) is 0. The number of hydrogen-bond acceptors (Lipinski definition) is 3. The molecule has 0 saturated heterocycles. The molecular weight excluding hydrogens is 342 g/mol. The highest BCUT2D eigenvalue weighted by atomic mass is 32.2. The quantitative estimate of drug-likeness (QED) is 0.544. The van der Waals surface area contributed by atoms with Crippen molar-refractivity contribution in [2.24, 2.45) is 0 Å². The van der Waals surface area contributed by atoms with Gasteiger partial charge in [0, 0.05) is 24.1 Å². The number of carbonyl (C=O) groups excluding carboxylic acids is 1. The summed E-state index contributed by atoms with van der Waals surface area (Å²) in [5, 5.41) is 0. The van der Waals surface area contributed by atoms with Gasteiger partial charge in [0.05, 0.1) is 0 Å². The molecule has 0 atom stereocenters. The number of para-hydroxylation sites is 1. The van der Waals surface area contributed by atoms with Crippen molar-refractivity contribution in [2.45, 2.75) is 11.4 Å². The molecule has 4 heteroatoms. The zero-order chi connectivity index (χ0) is 18.4. The van der Waals surface area contributed by atoms with Crippen LogP contribution in [-0.4, -0.2) is 24.1 Å². The fourth-order valence-electron chi connectivity index (χ4n) is 2.61. The summed E-state index contributed by atoms with van der Waals surface area (Å²) in [4.78, 5) is 15.7. The number of nitrogens with zero attached hydrogens (tertiary/aromatic N) is 1. The number of benzene rings is 3. The van der Waals surface area contributed by atoms with Crippen LogP contribution < -0.4 is 4.74 Å².